The highest BCUT2D eigenvalue weighted by atomic mass is 19.4. The summed E-state index contributed by atoms with van der Waals surface area (Å²) in [6.45, 7) is 0.854. The molecule has 0 aliphatic rings. The Hall–Kier alpha value is -1.80. The first-order valence-electron chi connectivity index (χ1n) is 6.30. The molecule has 0 radical (unpaired) electrons. The Balaban J connectivity index is 2.61. The molecular weight excluding hydrogens is 287 g/mol. The monoisotopic (exact) mass is 305 g/mol. The molecule has 1 rings (SSSR count). The first-order chi connectivity index (χ1) is 9.74. The summed E-state index contributed by atoms with van der Waals surface area (Å²) in [5.41, 5.74) is 4.66. The van der Waals surface area contributed by atoms with Gasteiger partial charge in [0.2, 0.25) is 5.91 Å². The van der Waals surface area contributed by atoms with Gasteiger partial charge in [0, 0.05) is 19.5 Å². The molecule has 4 N–H and O–H groups in total. The highest BCUT2D eigenvalue weighted by Gasteiger charge is 2.30. The standard InChI is InChI=1S/C13H18F3N3O2/c1-19(6-7-20)5-4-12(21)18-11-3-2-9(8-10(11)17)13(14,15)16/h2-3,8,20H,4-7,17H2,1H3,(H,18,21). The lowest BCUT2D eigenvalue weighted by atomic mass is 10.1. The number of carbonyl (C=O) groups excluding carboxylic acids is 1. The molecule has 5 nitrogen and oxygen atoms in total. The van der Waals surface area contributed by atoms with Gasteiger partial charge < -0.3 is 21.1 Å². The molecule has 1 amide bonds. The van der Waals surface area contributed by atoms with Gasteiger partial charge in [-0.15, -0.1) is 0 Å². The van der Waals surface area contributed by atoms with Crippen molar-refractivity contribution in [1.82, 2.24) is 4.90 Å². The average molecular weight is 305 g/mol. The van der Waals surface area contributed by atoms with Gasteiger partial charge in [-0.3, -0.25) is 4.79 Å². The number of nitrogen functional groups attached to an aromatic ring is 1. The van der Waals surface area contributed by atoms with Crippen LogP contribution >= 0.6 is 0 Å². The zero-order chi connectivity index (χ0) is 16.0. The topological polar surface area (TPSA) is 78.6 Å². The van der Waals surface area contributed by atoms with Gasteiger partial charge in [-0.25, -0.2) is 0 Å². The van der Waals surface area contributed by atoms with Crippen LogP contribution in [0.3, 0.4) is 0 Å². The molecule has 0 unspecified atom stereocenters. The van der Waals surface area contributed by atoms with Crippen LogP contribution in [0.15, 0.2) is 18.2 Å². The predicted molar refractivity (Wildman–Crippen MR) is 73.7 cm³/mol. The summed E-state index contributed by atoms with van der Waals surface area (Å²) in [7, 11) is 1.75. The number of aliphatic hydroxyl groups excluding tert-OH is 1. The van der Waals surface area contributed by atoms with E-state index in [9.17, 15) is 18.0 Å². The van der Waals surface area contributed by atoms with Crippen molar-refractivity contribution in [2.45, 2.75) is 12.6 Å². The normalized spacial score (nSPS) is 11.7. The van der Waals surface area contributed by atoms with Crippen molar-refractivity contribution in [3.63, 3.8) is 0 Å². The maximum absolute atomic E-state index is 12.5. The Bertz CT molecular complexity index is 492. The van der Waals surface area contributed by atoms with Gasteiger partial charge in [-0.2, -0.15) is 13.2 Å². The zero-order valence-corrected chi connectivity index (χ0v) is 11.6. The maximum Gasteiger partial charge on any atom is 0.416 e. The van der Waals surface area contributed by atoms with Crippen molar-refractivity contribution < 1.29 is 23.1 Å². The number of nitrogens with one attached hydrogen (secondary N) is 1. The summed E-state index contributed by atoms with van der Waals surface area (Å²) in [6, 6.07) is 2.78. The van der Waals surface area contributed by atoms with Crippen molar-refractivity contribution in [3.05, 3.63) is 23.8 Å². The van der Waals surface area contributed by atoms with Gasteiger partial charge in [0.05, 0.1) is 23.5 Å². The zero-order valence-electron chi connectivity index (χ0n) is 11.6. The minimum Gasteiger partial charge on any atom is -0.397 e. The van der Waals surface area contributed by atoms with E-state index in [1.807, 2.05) is 0 Å². The molecule has 21 heavy (non-hydrogen) atoms. The molecule has 0 aliphatic heterocycles. The Labute approximate surface area is 120 Å². The number of aliphatic hydroxyl groups is 1. The lowest BCUT2D eigenvalue weighted by molar-refractivity contribution is -0.137. The number of hydrogen-bond donors (Lipinski definition) is 3. The molecule has 0 bridgehead atoms. The summed E-state index contributed by atoms with van der Waals surface area (Å²) in [6.07, 6.45) is -4.32. The van der Waals surface area contributed by atoms with Gasteiger partial charge in [0.1, 0.15) is 0 Å². The second-order valence-electron chi connectivity index (χ2n) is 4.62. The Morgan fingerprint density at radius 3 is 2.57 bits per heavy atom. The highest BCUT2D eigenvalue weighted by molar-refractivity contribution is 5.94. The number of halogens is 3. The van der Waals surface area contributed by atoms with Crippen molar-refractivity contribution in [3.8, 4) is 0 Å². The van der Waals surface area contributed by atoms with E-state index >= 15 is 0 Å². The number of amides is 1. The molecule has 1 aromatic rings. The minimum atomic E-state index is -4.47. The van der Waals surface area contributed by atoms with Gasteiger partial charge >= 0.3 is 6.18 Å². The first kappa shape index (κ1) is 17.3. The van der Waals surface area contributed by atoms with Crippen LogP contribution in [0.25, 0.3) is 0 Å². The Kier molecular flexibility index (Phi) is 5.98. The molecular formula is C13H18F3N3O2. The van der Waals surface area contributed by atoms with Gasteiger partial charge in [-0.1, -0.05) is 0 Å². The average Bonchev–Trinajstić information content (AvgIpc) is 2.38. The number of anilines is 2. The third kappa shape index (κ3) is 5.60. The van der Waals surface area contributed by atoms with Crippen LogP contribution in [0, 0.1) is 0 Å². The summed E-state index contributed by atoms with van der Waals surface area (Å²) < 4.78 is 37.4. The van der Waals surface area contributed by atoms with E-state index in [0.717, 1.165) is 18.2 Å². The molecule has 0 saturated carbocycles. The van der Waals surface area contributed by atoms with E-state index in [1.54, 1.807) is 11.9 Å². The molecule has 0 fully saturated rings. The highest BCUT2D eigenvalue weighted by Crippen LogP contribution is 2.32. The Morgan fingerprint density at radius 2 is 2.05 bits per heavy atom. The quantitative estimate of drug-likeness (QED) is 0.697. The molecule has 1 aromatic carbocycles. The fourth-order valence-corrected chi connectivity index (χ4v) is 1.64. The van der Waals surface area contributed by atoms with Gasteiger partial charge in [-0.05, 0) is 25.2 Å². The second-order valence-corrected chi connectivity index (χ2v) is 4.62. The molecule has 0 aliphatic carbocycles. The van der Waals surface area contributed by atoms with Gasteiger partial charge in [0.15, 0.2) is 0 Å². The molecule has 0 atom stereocenters. The SMILES string of the molecule is CN(CCO)CCC(=O)Nc1ccc(C(F)(F)F)cc1N. The lowest BCUT2D eigenvalue weighted by Crippen LogP contribution is -2.26. The van der Waals surface area contributed by atoms with Crippen LogP contribution in [0.5, 0.6) is 0 Å². The number of hydrogen-bond acceptors (Lipinski definition) is 4. The van der Waals surface area contributed by atoms with E-state index in [-0.39, 0.29) is 30.3 Å². The molecule has 0 aromatic heterocycles. The largest absolute Gasteiger partial charge is 0.416 e. The predicted octanol–water partition coefficient (Wildman–Crippen LogP) is 1.54. The summed E-state index contributed by atoms with van der Waals surface area (Å²) in [4.78, 5) is 13.4. The van der Waals surface area contributed by atoms with Crippen LogP contribution in [0.4, 0.5) is 24.5 Å². The van der Waals surface area contributed by atoms with Crippen molar-refractivity contribution in [2.75, 3.05) is 37.8 Å². The third-order valence-electron chi connectivity index (χ3n) is 2.86. The number of nitrogens with two attached hydrogens (primary N) is 1. The molecule has 118 valence electrons. The van der Waals surface area contributed by atoms with Crippen LogP contribution in [0.1, 0.15) is 12.0 Å². The van der Waals surface area contributed by atoms with Crippen molar-refractivity contribution in [2.24, 2.45) is 0 Å². The Morgan fingerprint density at radius 1 is 1.38 bits per heavy atom. The first-order valence-corrected chi connectivity index (χ1v) is 6.30. The number of carbonyl (C=O) groups is 1. The number of nitrogens with zero attached hydrogens (tertiary/aromatic N) is 1. The fourth-order valence-electron chi connectivity index (χ4n) is 1.64. The second kappa shape index (κ2) is 7.28. The summed E-state index contributed by atoms with van der Waals surface area (Å²) >= 11 is 0. The fraction of sp³-hybridized carbons (Fsp3) is 0.462. The van der Waals surface area contributed by atoms with E-state index in [0.29, 0.717) is 13.1 Å². The van der Waals surface area contributed by atoms with E-state index in [2.05, 4.69) is 5.32 Å². The van der Waals surface area contributed by atoms with Crippen molar-refractivity contribution in [1.29, 1.82) is 0 Å². The summed E-state index contributed by atoms with van der Waals surface area (Å²) in [5.74, 6) is -0.355. The van der Waals surface area contributed by atoms with Crippen LogP contribution in [0.2, 0.25) is 0 Å². The number of alkyl halides is 3. The van der Waals surface area contributed by atoms with Crippen LogP contribution < -0.4 is 11.1 Å². The molecule has 0 saturated heterocycles. The van der Waals surface area contributed by atoms with Crippen molar-refractivity contribution >= 4 is 17.3 Å². The van der Waals surface area contributed by atoms with Crippen LogP contribution in [-0.4, -0.2) is 42.7 Å². The van der Waals surface area contributed by atoms with Crippen LogP contribution in [-0.2, 0) is 11.0 Å². The number of rotatable bonds is 6. The minimum absolute atomic E-state index is 0.00995. The molecule has 8 heteroatoms. The smallest absolute Gasteiger partial charge is 0.397 e. The van der Waals surface area contributed by atoms with Gasteiger partial charge in [0.25, 0.3) is 0 Å². The number of likely N-dealkylation sites (N-methyl/N-ethyl adjacent to an activating group) is 1. The molecule has 0 heterocycles. The third-order valence-corrected chi connectivity index (χ3v) is 2.86. The number of benzene rings is 1. The lowest BCUT2D eigenvalue weighted by Gasteiger charge is -2.15. The van der Waals surface area contributed by atoms with E-state index < -0.39 is 11.7 Å². The summed E-state index contributed by atoms with van der Waals surface area (Å²) in [5, 5.41) is 11.2. The molecule has 0 spiro atoms. The van der Waals surface area contributed by atoms with E-state index in [1.165, 1.54) is 0 Å². The van der Waals surface area contributed by atoms with E-state index in [4.69, 9.17) is 10.8 Å². The maximum atomic E-state index is 12.5.